The largest absolute Gasteiger partial charge is 0.262 e. The summed E-state index contributed by atoms with van der Waals surface area (Å²) < 4.78 is 4.93. The van der Waals surface area contributed by atoms with Crippen molar-refractivity contribution in [3.8, 4) is 16.9 Å². The SMILES string of the molecule is Cc1ccc(-n2c(-c3ccccc3)c[n+]3c2CCCCC3)cc1. The highest BCUT2D eigenvalue weighted by atomic mass is 15.2. The quantitative estimate of drug-likeness (QED) is 0.618. The van der Waals surface area contributed by atoms with E-state index in [0.717, 1.165) is 13.0 Å². The third-order valence-corrected chi connectivity index (χ3v) is 4.77. The Bertz CT molecular complexity index is 798. The number of hydrogen-bond acceptors (Lipinski definition) is 0. The van der Waals surface area contributed by atoms with Gasteiger partial charge in [-0.25, -0.2) is 4.57 Å². The second-order valence-corrected chi connectivity index (χ2v) is 6.47. The van der Waals surface area contributed by atoms with Crippen molar-refractivity contribution in [3.63, 3.8) is 0 Å². The van der Waals surface area contributed by atoms with E-state index in [0.29, 0.717) is 0 Å². The Labute approximate surface area is 138 Å². The Morgan fingerprint density at radius 1 is 0.870 bits per heavy atom. The maximum absolute atomic E-state index is 2.47. The number of rotatable bonds is 2. The molecule has 2 heteroatoms. The molecular formula is C21H23N2+. The molecule has 0 amide bonds. The highest BCUT2D eigenvalue weighted by Gasteiger charge is 2.26. The predicted octanol–water partition coefficient (Wildman–Crippen LogP) is 4.47. The Morgan fingerprint density at radius 2 is 1.65 bits per heavy atom. The van der Waals surface area contributed by atoms with E-state index in [1.165, 1.54) is 47.6 Å². The lowest BCUT2D eigenvalue weighted by atomic mass is 10.1. The van der Waals surface area contributed by atoms with E-state index in [-0.39, 0.29) is 0 Å². The van der Waals surface area contributed by atoms with Crippen LogP contribution in [0.1, 0.15) is 30.7 Å². The maximum Gasteiger partial charge on any atom is 0.262 e. The first-order chi connectivity index (χ1) is 11.3. The standard InChI is InChI=1S/C21H23N2/c1-17-11-13-19(14-12-17)23-20(18-8-4-2-5-9-18)16-22-15-7-3-6-10-21(22)23/h2,4-5,8-9,11-14,16H,3,6-7,10,15H2,1H3/q+1. The van der Waals surface area contributed by atoms with E-state index in [9.17, 15) is 0 Å². The number of fused-ring (bicyclic) bond motifs is 1. The van der Waals surface area contributed by atoms with Gasteiger partial charge < -0.3 is 0 Å². The smallest absolute Gasteiger partial charge is 0.233 e. The molecule has 2 heterocycles. The first kappa shape index (κ1) is 14.3. The third kappa shape index (κ3) is 2.70. The highest BCUT2D eigenvalue weighted by Crippen LogP contribution is 2.26. The van der Waals surface area contributed by atoms with Gasteiger partial charge in [-0.2, -0.15) is 4.57 Å². The molecule has 0 atom stereocenters. The summed E-state index contributed by atoms with van der Waals surface area (Å²) in [5.74, 6) is 1.44. The molecule has 1 aliphatic rings. The molecule has 1 aromatic heterocycles. The van der Waals surface area contributed by atoms with Crippen LogP contribution in [-0.4, -0.2) is 4.57 Å². The van der Waals surface area contributed by atoms with Crippen molar-refractivity contribution in [1.29, 1.82) is 0 Å². The molecule has 0 aliphatic carbocycles. The second-order valence-electron chi connectivity index (χ2n) is 6.47. The van der Waals surface area contributed by atoms with Gasteiger partial charge in [0.05, 0.1) is 6.54 Å². The molecule has 2 nitrogen and oxygen atoms in total. The zero-order chi connectivity index (χ0) is 15.6. The molecule has 1 aliphatic heterocycles. The average Bonchev–Trinajstić information content (AvgIpc) is 2.79. The van der Waals surface area contributed by atoms with E-state index in [1.54, 1.807) is 0 Å². The van der Waals surface area contributed by atoms with E-state index in [2.05, 4.69) is 76.9 Å². The van der Waals surface area contributed by atoms with Gasteiger partial charge in [0.25, 0.3) is 5.82 Å². The Hall–Kier alpha value is -2.35. The van der Waals surface area contributed by atoms with Crippen molar-refractivity contribution in [1.82, 2.24) is 4.57 Å². The summed E-state index contributed by atoms with van der Waals surface area (Å²) in [7, 11) is 0. The van der Waals surface area contributed by atoms with Gasteiger partial charge in [0, 0.05) is 12.0 Å². The van der Waals surface area contributed by atoms with E-state index >= 15 is 0 Å². The van der Waals surface area contributed by atoms with Gasteiger partial charge in [-0.3, -0.25) is 0 Å². The number of imidazole rings is 1. The summed E-state index contributed by atoms with van der Waals surface area (Å²) in [6.07, 6.45) is 7.39. The molecule has 0 N–H and O–H groups in total. The fourth-order valence-corrected chi connectivity index (χ4v) is 3.53. The minimum atomic E-state index is 1.13. The number of aromatic nitrogens is 2. The molecule has 116 valence electrons. The molecule has 0 fully saturated rings. The first-order valence-electron chi connectivity index (χ1n) is 8.59. The van der Waals surface area contributed by atoms with Crippen LogP contribution in [0.3, 0.4) is 0 Å². The average molecular weight is 303 g/mol. The Kier molecular flexibility index (Phi) is 3.74. The van der Waals surface area contributed by atoms with Crippen molar-refractivity contribution in [2.75, 3.05) is 0 Å². The molecule has 0 unspecified atom stereocenters. The van der Waals surface area contributed by atoms with Gasteiger partial charge in [0.2, 0.25) is 0 Å². The fraction of sp³-hybridized carbons (Fsp3) is 0.286. The lowest BCUT2D eigenvalue weighted by molar-refractivity contribution is -0.702. The van der Waals surface area contributed by atoms with Crippen LogP contribution in [-0.2, 0) is 13.0 Å². The van der Waals surface area contributed by atoms with Crippen molar-refractivity contribution in [2.45, 2.75) is 39.2 Å². The van der Waals surface area contributed by atoms with Crippen LogP contribution in [0, 0.1) is 6.92 Å². The number of aryl methyl sites for hydroxylation is 2. The van der Waals surface area contributed by atoms with Gasteiger partial charge in [-0.05, 0) is 38.3 Å². The molecule has 0 radical (unpaired) electrons. The van der Waals surface area contributed by atoms with Crippen molar-refractivity contribution < 1.29 is 4.57 Å². The van der Waals surface area contributed by atoms with Crippen molar-refractivity contribution in [2.24, 2.45) is 0 Å². The minimum Gasteiger partial charge on any atom is -0.233 e. The normalized spacial score (nSPS) is 14.3. The lowest BCUT2D eigenvalue weighted by Crippen LogP contribution is -2.35. The van der Waals surface area contributed by atoms with Crippen LogP contribution in [0.25, 0.3) is 16.9 Å². The number of hydrogen-bond donors (Lipinski definition) is 0. The van der Waals surface area contributed by atoms with Crippen LogP contribution >= 0.6 is 0 Å². The molecule has 23 heavy (non-hydrogen) atoms. The van der Waals surface area contributed by atoms with Crippen molar-refractivity contribution >= 4 is 0 Å². The van der Waals surface area contributed by atoms with Crippen LogP contribution in [0.15, 0.2) is 60.8 Å². The summed E-state index contributed by atoms with van der Waals surface area (Å²) >= 11 is 0. The lowest BCUT2D eigenvalue weighted by Gasteiger charge is -2.06. The Balaban J connectivity index is 1.93. The van der Waals surface area contributed by atoms with E-state index in [1.807, 2.05) is 0 Å². The molecule has 0 spiro atoms. The molecule has 2 aromatic carbocycles. The van der Waals surface area contributed by atoms with Crippen LogP contribution in [0.5, 0.6) is 0 Å². The molecule has 0 saturated carbocycles. The van der Waals surface area contributed by atoms with Crippen LogP contribution < -0.4 is 4.57 Å². The number of benzene rings is 2. The van der Waals surface area contributed by atoms with Crippen LogP contribution in [0.2, 0.25) is 0 Å². The summed E-state index contributed by atoms with van der Waals surface area (Å²) in [5, 5.41) is 0. The van der Waals surface area contributed by atoms with Gasteiger partial charge >= 0.3 is 0 Å². The molecule has 4 rings (SSSR count). The molecule has 0 bridgehead atoms. The topological polar surface area (TPSA) is 8.81 Å². The molecular weight excluding hydrogens is 280 g/mol. The number of nitrogens with zero attached hydrogens (tertiary/aromatic N) is 2. The van der Waals surface area contributed by atoms with Gasteiger partial charge in [0.15, 0.2) is 5.69 Å². The summed E-state index contributed by atoms with van der Waals surface area (Å²) in [5.41, 5.74) is 5.16. The van der Waals surface area contributed by atoms with Crippen molar-refractivity contribution in [3.05, 3.63) is 72.2 Å². The van der Waals surface area contributed by atoms with Gasteiger partial charge in [-0.1, -0.05) is 48.0 Å². The summed E-state index contributed by atoms with van der Waals surface area (Å²) in [6.45, 7) is 3.28. The second kappa shape index (κ2) is 6.04. The summed E-state index contributed by atoms with van der Waals surface area (Å²) in [6, 6.07) is 19.6. The molecule has 3 aromatic rings. The third-order valence-electron chi connectivity index (χ3n) is 4.77. The van der Waals surface area contributed by atoms with Gasteiger partial charge in [0.1, 0.15) is 11.9 Å². The minimum absolute atomic E-state index is 1.13. The summed E-state index contributed by atoms with van der Waals surface area (Å²) in [4.78, 5) is 0. The predicted molar refractivity (Wildman–Crippen MR) is 93.7 cm³/mol. The highest BCUT2D eigenvalue weighted by molar-refractivity contribution is 5.61. The van der Waals surface area contributed by atoms with E-state index < -0.39 is 0 Å². The van der Waals surface area contributed by atoms with Gasteiger partial charge in [-0.15, -0.1) is 0 Å². The fourth-order valence-electron chi connectivity index (χ4n) is 3.53. The van der Waals surface area contributed by atoms with E-state index in [4.69, 9.17) is 0 Å². The first-order valence-corrected chi connectivity index (χ1v) is 8.59. The zero-order valence-corrected chi connectivity index (χ0v) is 13.7. The Morgan fingerprint density at radius 3 is 2.43 bits per heavy atom. The molecule has 0 saturated heterocycles. The zero-order valence-electron chi connectivity index (χ0n) is 13.7. The monoisotopic (exact) mass is 303 g/mol. The van der Waals surface area contributed by atoms with Crippen LogP contribution in [0.4, 0.5) is 0 Å². The maximum atomic E-state index is 2.47.